The normalized spacial score (nSPS) is 17.8. The van der Waals surface area contributed by atoms with E-state index in [1.165, 1.54) is 51.5 Å². The molecule has 1 aliphatic carbocycles. The molecule has 0 saturated heterocycles. The number of ether oxygens (including phenoxy) is 1. The lowest BCUT2D eigenvalue weighted by Gasteiger charge is -2.21. The van der Waals surface area contributed by atoms with Gasteiger partial charge in [0.05, 0.1) is 6.61 Å². The average molecular weight is 241 g/mol. The molecule has 0 bridgehead atoms. The maximum atomic E-state index is 5.57. The third-order valence-corrected chi connectivity index (χ3v) is 3.72. The first-order valence-electron chi connectivity index (χ1n) is 7.57. The van der Waals surface area contributed by atoms with E-state index in [2.05, 4.69) is 19.2 Å². The first-order valence-corrected chi connectivity index (χ1v) is 7.57. The van der Waals surface area contributed by atoms with Crippen LogP contribution >= 0.6 is 0 Å². The van der Waals surface area contributed by atoms with Crippen molar-refractivity contribution in [3.8, 4) is 0 Å². The van der Waals surface area contributed by atoms with Gasteiger partial charge >= 0.3 is 0 Å². The molecule has 0 aromatic heterocycles. The highest BCUT2D eigenvalue weighted by Gasteiger charge is 2.12. The van der Waals surface area contributed by atoms with Crippen LogP contribution in [0.3, 0.4) is 0 Å². The van der Waals surface area contributed by atoms with Crippen LogP contribution in [0.15, 0.2) is 0 Å². The Bertz CT molecular complexity index is 164. The van der Waals surface area contributed by atoms with Crippen molar-refractivity contribution >= 4 is 0 Å². The molecule has 0 unspecified atom stereocenters. The summed E-state index contributed by atoms with van der Waals surface area (Å²) in [6.07, 6.45) is 9.87. The molecule has 0 aliphatic heterocycles. The lowest BCUT2D eigenvalue weighted by atomic mass is 9.87. The third-order valence-electron chi connectivity index (χ3n) is 3.72. The first-order chi connectivity index (χ1) is 8.29. The summed E-state index contributed by atoms with van der Waals surface area (Å²) >= 11 is 0. The second-order valence-electron chi connectivity index (χ2n) is 5.84. The van der Waals surface area contributed by atoms with E-state index in [1.807, 2.05) is 0 Å². The zero-order valence-electron chi connectivity index (χ0n) is 11.8. The van der Waals surface area contributed by atoms with Gasteiger partial charge in [0.1, 0.15) is 0 Å². The lowest BCUT2D eigenvalue weighted by molar-refractivity contribution is 0.125. The Morgan fingerprint density at radius 3 is 2.53 bits per heavy atom. The van der Waals surface area contributed by atoms with Gasteiger partial charge in [0.25, 0.3) is 0 Å². The smallest absolute Gasteiger partial charge is 0.0590 e. The molecule has 0 aromatic carbocycles. The summed E-state index contributed by atoms with van der Waals surface area (Å²) in [5.41, 5.74) is 0. The van der Waals surface area contributed by atoms with E-state index in [0.29, 0.717) is 0 Å². The summed E-state index contributed by atoms with van der Waals surface area (Å²) in [5, 5.41) is 3.50. The summed E-state index contributed by atoms with van der Waals surface area (Å²) in [7, 11) is 0. The minimum Gasteiger partial charge on any atom is -0.380 e. The summed E-state index contributed by atoms with van der Waals surface area (Å²) in [5.74, 6) is 1.76. The predicted molar refractivity (Wildman–Crippen MR) is 74.3 cm³/mol. The molecule has 1 aliphatic rings. The average Bonchev–Trinajstić information content (AvgIpc) is 2.33. The van der Waals surface area contributed by atoms with Gasteiger partial charge in [-0.25, -0.2) is 0 Å². The molecule has 0 heterocycles. The van der Waals surface area contributed by atoms with Crippen LogP contribution in [0.4, 0.5) is 0 Å². The Kier molecular flexibility index (Phi) is 8.72. The van der Waals surface area contributed by atoms with E-state index < -0.39 is 0 Å². The highest BCUT2D eigenvalue weighted by molar-refractivity contribution is 4.66. The van der Waals surface area contributed by atoms with E-state index in [1.54, 1.807) is 0 Å². The monoisotopic (exact) mass is 241 g/mol. The van der Waals surface area contributed by atoms with Gasteiger partial charge in [0.2, 0.25) is 0 Å². The van der Waals surface area contributed by atoms with Crippen molar-refractivity contribution in [1.82, 2.24) is 5.32 Å². The van der Waals surface area contributed by atoms with Crippen molar-refractivity contribution in [2.24, 2.45) is 11.8 Å². The van der Waals surface area contributed by atoms with Crippen LogP contribution in [-0.4, -0.2) is 26.3 Å². The van der Waals surface area contributed by atoms with Crippen molar-refractivity contribution < 1.29 is 4.74 Å². The molecular weight excluding hydrogens is 210 g/mol. The van der Waals surface area contributed by atoms with E-state index in [9.17, 15) is 0 Å². The fourth-order valence-corrected chi connectivity index (χ4v) is 2.47. The molecule has 2 nitrogen and oxygen atoms in total. The largest absolute Gasteiger partial charge is 0.380 e. The highest BCUT2D eigenvalue weighted by Crippen LogP contribution is 2.25. The van der Waals surface area contributed by atoms with Crippen molar-refractivity contribution in [1.29, 1.82) is 0 Å². The van der Waals surface area contributed by atoms with Crippen LogP contribution in [0.25, 0.3) is 0 Å². The molecular formula is C15H31NO. The number of nitrogens with one attached hydrogen (secondary N) is 1. The van der Waals surface area contributed by atoms with Crippen molar-refractivity contribution in [3.63, 3.8) is 0 Å². The summed E-state index contributed by atoms with van der Waals surface area (Å²) in [6, 6.07) is 0. The molecule has 0 spiro atoms. The summed E-state index contributed by atoms with van der Waals surface area (Å²) in [6.45, 7) is 8.47. The molecule has 0 amide bonds. The van der Waals surface area contributed by atoms with Crippen molar-refractivity contribution in [2.75, 3.05) is 26.3 Å². The van der Waals surface area contributed by atoms with Crippen LogP contribution in [0.1, 0.15) is 58.8 Å². The van der Waals surface area contributed by atoms with Crippen molar-refractivity contribution in [2.45, 2.75) is 58.8 Å². The quantitative estimate of drug-likeness (QED) is 0.623. The maximum Gasteiger partial charge on any atom is 0.0590 e. The Morgan fingerprint density at radius 1 is 1.06 bits per heavy atom. The molecule has 1 N–H and O–H groups in total. The second-order valence-corrected chi connectivity index (χ2v) is 5.84. The van der Waals surface area contributed by atoms with Gasteiger partial charge in [-0.1, -0.05) is 46.0 Å². The number of hydrogen-bond donors (Lipinski definition) is 1. The van der Waals surface area contributed by atoms with Gasteiger partial charge in [0, 0.05) is 13.2 Å². The zero-order chi connectivity index (χ0) is 12.3. The number of hydrogen-bond acceptors (Lipinski definition) is 2. The highest BCUT2D eigenvalue weighted by atomic mass is 16.5. The molecule has 0 radical (unpaired) electrons. The Balaban J connectivity index is 1.78. The molecule has 0 atom stereocenters. The van der Waals surface area contributed by atoms with E-state index in [4.69, 9.17) is 4.74 Å². The van der Waals surface area contributed by atoms with Gasteiger partial charge in [-0.05, 0) is 31.2 Å². The second kappa shape index (κ2) is 9.90. The fraction of sp³-hybridized carbons (Fsp3) is 1.00. The number of rotatable bonds is 9. The van der Waals surface area contributed by atoms with Crippen LogP contribution in [0, 0.1) is 11.8 Å². The summed E-state index contributed by atoms with van der Waals surface area (Å²) < 4.78 is 5.57. The van der Waals surface area contributed by atoms with Gasteiger partial charge in [-0.2, -0.15) is 0 Å². The van der Waals surface area contributed by atoms with Gasteiger partial charge in [-0.3, -0.25) is 0 Å². The minimum absolute atomic E-state index is 0.759. The maximum absolute atomic E-state index is 5.57. The topological polar surface area (TPSA) is 21.3 Å². The molecule has 2 heteroatoms. The molecule has 0 aromatic rings. The Labute approximate surface area is 108 Å². The van der Waals surface area contributed by atoms with Gasteiger partial charge < -0.3 is 10.1 Å². The van der Waals surface area contributed by atoms with Crippen LogP contribution in [0.5, 0.6) is 0 Å². The minimum atomic E-state index is 0.759. The van der Waals surface area contributed by atoms with E-state index in [-0.39, 0.29) is 0 Å². The van der Waals surface area contributed by atoms with E-state index >= 15 is 0 Å². The van der Waals surface area contributed by atoms with Crippen LogP contribution < -0.4 is 5.32 Å². The van der Waals surface area contributed by atoms with Gasteiger partial charge in [0.15, 0.2) is 0 Å². The molecule has 1 fully saturated rings. The van der Waals surface area contributed by atoms with Crippen LogP contribution in [-0.2, 0) is 4.74 Å². The SMILES string of the molecule is CC(C)CCOCCNCCC1CCCCC1. The Hall–Kier alpha value is -0.0800. The lowest BCUT2D eigenvalue weighted by Crippen LogP contribution is -2.23. The zero-order valence-corrected chi connectivity index (χ0v) is 11.8. The molecule has 1 rings (SSSR count). The Morgan fingerprint density at radius 2 is 1.82 bits per heavy atom. The van der Waals surface area contributed by atoms with Crippen molar-refractivity contribution in [3.05, 3.63) is 0 Å². The summed E-state index contributed by atoms with van der Waals surface area (Å²) in [4.78, 5) is 0. The standard InChI is InChI=1S/C15H31NO/c1-14(2)9-12-17-13-11-16-10-8-15-6-4-3-5-7-15/h14-16H,3-13H2,1-2H3. The fourth-order valence-electron chi connectivity index (χ4n) is 2.47. The predicted octanol–water partition coefficient (Wildman–Crippen LogP) is 3.61. The third kappa shape index (κ3) is 8.62. The molecule has 17 heavy (non-hydrogen) atoms. The van der Waals surface area contributed by atoms with E-state index in [0.717, 1.165) is 31.6 Å². The molecule has 1 saturated carbocycles. The van der Waals surface area contributed by atoms with Crippen LogP contribution in [0.2, 0.25) is 0 Å². The first kappa shape index (κ1) is 15.0. The molecule has 102 valence electrons. The van der Waals surface area contributed by atoms with Gasteiger partial charge in [-0.15, -0.1) is 0 Å².